The molecule has 0 amide bonds. The van der Waals surface area contributed by atoms with Gasteiger partial charge in [-0.3, -0.25) is 0 Å². The van der Waals surface area contributed by atoms with E-state index in [-0.39, 0.29) is 22.0 Å². The Morgan fingerprint density at radius 3 is 2.74 bits per heavy atom. The Morgan fingerprint density at radius 1 is 1.47 bits per heavy atom. The molecule has 0 aliphatic rings. The van der Waals surface area contributed by atoms with E-state index < -0.39 is 12.1 Å². The first-order valence-corrected chi connectivity index (χ1v) is 5.29. The van der Waals surface area contributed by atoms with Crippen molar-refractivity contribution < 1.29 is 19.1 Å². The van der Waals surface area contributed by atoms with Crippen molar-refractivity contribution in [1.29, 1.82) is 0 Å². The molecule has 0 bridgehead atoms. The minimum atomic E-state index is -0.879. The van der Waals surface area contributed by atoms with Crippen molar-refractivity contribution in [3.8, 4) is 0 Å². The second-order valence-corrected chi connectivity index (χ2v) is 3.84. The quantitative estimate of drug-likeness (QED) is 0.500. The Morgan fingerprint density at radius 2 is 2.16 bits per heavy atom. The number of aliphatic hydroxyl groups excluding tert-OH is 1. The molecular weight excluding hydrogens is 488 g/mol. The fraction of sp³-hybridized carbons (Fsp3) is 0.231. The van der Waals surface area contributed by atoms with Gasteiger partial charge in [0.25, 0.3) is 0 Å². The molecule has 1 aromatic heterocycles. The average molecular weight is 499 g/mol. The number of benzene rings is 1. The average Bonchev–Trinajstić information content (AvgIpc) is 2.37. The first-order chi connectivity index (χ1) is 8.54. The number of esters is 1. The number of methoxy groups -OCH3 is 1. The van der Waals surface area contributed by atoms with Gasteiger partial charge < -0.3 is 19.1 Å². The van der Waals surface area contributed by atoms with Crippen LogP contribution in [0.15, 0.2) is 27.4 Å². The van der Waals surface area contributed by atoms with Crippen LogP contribution in [0.3, 0.4) is 0 Å². The third-order valence-electron chi connectivity index (χ3n) is 2.61. The molecule has 0 saturated carbocycles. The summed E-state index contributed by atoms with van der Waals surface area (Å²) in [4.78, 5) is 23.2. The monoisotopic (exact) mass is 499 g/mol. The Labute approximate surface area is 103 Å². The van der Waals surface area contributed by atoms with E-state index in [1.807, 2.05) is 0 Å². The maximum Gasteiger partial charge on any atom is 0.337 e. The molecule has 105 valence electrons. The van der Waals surface area contributed by atoms with Crippen LogP contribution < -0.4 is 5.43 Å². The molecule has 0 fully saturated rings. The number of aliphatic hydroxyl groups is 1. The van der Waals surface area contributed by atoms with Gasteiger partial charge >= 0.3 is 5.97 Å². The predicted molar refractivity (Wildman–Crippen MR) is 63.3 cm³/mol. The van der Waals surface area contributed by atoms with Crippen LogP contribution in [-0.4, -0.2) is 18.2 Å². The van der Waals surface area contributed by atoms with Gasteiger partial charge in [-0.15, -0.1) is 0 Å². The summed E-state index contributed by atoms with van der Waals surface area (Å²) < 4.78 is 9.71. The number of hydrogen-bond acceptors (Lipinski definition) is 5. The molecule has 2 aromatic rings. The van der Waals surface area contributed by atoms with Crippen LogP contribution in [0.5, 0.6) is 0 Å². The van der Waals surface area contributed by atoms with Crippen LogP contribution in [0.4, 0.5) is 0 Å². The summed E-state index contributed by atoms with van der Waals surface area (Å²) in [6, 6.07) is 3.96. The molecule has 0 aliphatic carbocycles. The molecule has 19 heavy (non-hydrogen) atoms. The molecule has 1 aromatic carbocycles. The van der Waals surface area contributed by atoms with E-state index in [1.165, 1.54) is 26.2 Å². The van der Waals surface area contributed by atoms with Gasteiger partial charge in [-0.1, -0.05) is 18.2 Å². The minimum Gasteiger partial charge on any atom is -0.580 e. The maximum absolute atomic E-state index is 11.7. The number of carbonyl (C=O) groups is 1. The van der Waals surface area contributed by atoms with Crippen molar-refractivity contribution in [3.05, 3.63) is 45.8 Å². The molecule has 1 atom stereocenters. The first-order valence-electron chi connectivity index (χ1n) is 5.29. The van der Waals surface area contributed by atoms with Gasteiger partial charge in [0.15, 0.2) is 0 Å². The van der Waals surface area contributed by atoms with Crippen molar-refractivity contribution in [2.75, 3.05) is 7.11 Å². The summed E-state index contributed by atoms with van der Waals surface area (Å²) >= 11 is 0. The normalized spacial score (nSPS) is 11.7. The van der Waals surface area contributed by atoms with Crippen molar-refractivity contribution in [2.45, 2.75) is 13.0 Å². The van der Waals surface area contributed by atoms with Gasteiger partial charge in [-0.25, -0.2) is 4.79 Å². The zero-order chi connectivity index (χ0) is 13.3. The summed E-state index contributed by atoms with van der Waals surface area (Å²) in [7, 11) is 1.25. The molecule has 2 rings (SSSR count). The molecule has 0 saturated heterocycles. The standard InChI is InChI=1S/C13H11O5.Es/c1-7(14)9-5-8(13(16)17-2)6-10-11(15)3-4-18-12(9)10;/h3,5-7,14H,1-2H3;/q-1;. The van der Waals surface area contributed by atoms with Crippen molar-refractivity contribution in [2.24, 2.45) is 0 Å². The zero-order valence-corrected chi connectivity index (χ0v) is 12.7. The molecule has 0 spiro atoms. The van der Waals surface area contributed by atoms with Gasteiger partial charge in [0, 0.05) is 5.58 Å². The second kappa shape index (κ2) is 5.01. The molecule has 0 aliphatic heterocycles. The van der Waals surface area contributed by atoms with Gasteiger partial charge in [0.2, 0.25) is 0 Å². The van der Waals surface area contributed by atoms with Crippen molar-refractivity contribution >= 4 is 16.9 Å². The number of ether oxygens (including phenoxy) is 1. The fourth-order valence-electron chi connectivity index (χ4n) is 1.71. The predicted octanol–water partition coefficient (Wildman–Crippen LogP) is 1.43. The van der Waals surface area contributed by atoms with E-state index in [0.29, 0.717) is 5.56 Å². The fourth-order valence-corrected chi connectivity index (χ4v) is 1.71. The Balaban J connectivity index is 0.00000180. The third-order valence-corrected chi connectivity index (χ3v) is 2.61. The Hall–Kier alpha value is -3.14. The molecule has 1 radical (unpaired) electrons. The topological polar surface area (TPSA) is 76.7 Å². The third kappa shape index (κ3) is 2.28. The number of hydrogen-bond donors (Lipinski definition) is 1. The Kier molecular flexibility index (Phi) is 3.67. The molecule has 1 N–H and O–H groups in total. The SMILES string of the molecule is COC(=O)c1cc(C(C)O)c2o[c-]cc(=O)c2c1.[Es]. The van der Waals surface area contributed by atoms with E-state index in [4.69, 9.17) is 4.42 Å². The summed E-state index contributed by atoms with van der Waals surface area (Å²) in [6.45, 7) is 1.52. The van der Waals surface area contributed by atoms with E-state index in [2.05, 4.69) is 11.0 Å². The van der Waals surface area contributed by atoms with E-state index >= 15 is 0 Å². The first kappa shape index (κ1) is 13.9. The van der Waals surface area contributed by atoms with Gasteiger partial charge in [-0.05, 0) is 24.1 Å². The molecule has 1 unspecified atom stereocenters. The van der Waals surface area contributed by atoms with Gasteiger partial charge in [0.05, 0.1) is 24.2 Å². The molecule has 5 nitrogen and oxygen atoms in total. The minimum absolute atomic E-state index is 0. The van der Waals surface area contributed by atoms with Crippen LogP contribution >= 0.6 is 0 Å². The smallest absolute Gasteiger partial charge is 0.337 e. The van der Waals surface area contributed by atoms with Crippen molar-refractivity contribution in [1.82, 2.24) is 0 Å². The van der Waals surface area contributed by atoms with Crippen LogP contribution in [0.1, 0.15) is 28.9 Å². The second-order valence-electron chi connectivity index (χ2n) is 3.84. The largest absolute Gasteiger partial charge is 0.580 e. The van der Waals surface area contributed by atoms with Crippen LogP contribution in [0.2, 0.25) is 0 Å². The van der Waals surface area contributed by atoms with Gasteiger partial charge in [0.1, 0.15) is 0 Å². The van der Waals surface area contributed by atoms with Gasteiger partial charge in [-0.2, -0.15) is 0 Å². The Bertz CT molecular complexity index is 660. The van der Waals surface area contributed by atoms with E-state index in [0.717, 1.165) is 6.07 Å². The summed E-state index contributed by atoms with van der Waals surface area (Å²) in [5.74, 6) is -0.578. The summed E-state index contributed by atoms with van der Waals surface area (Å²) in [5, 5.41) is 9.88. The molecule has 6 heteroatoms. The van der Waals surface area contributed by atoms with Crippen LogP contribution in [0.25, 0.3) is 11.0 Å². The van der Waals surface area contributed by atoms with E-state index in [1.54, 1.807) is 0 Å². The van der Waals surface area contributed by atoms with Crippen LogP contribution in [0, 0.1) is 6.26 Å². The van der Waals surface area contributed by atoms with Crippen LogP contribution in [-0.2, 0) is 4.74 Å². The zero-order valence-electron chi connectivity index (χ0n) is 10.2. The maximum atomic E-state index is 11.7. The number of fused-ring (bicyclic) bond motifs is 1. The molecule has 1 heterocycles. The molecular formula is C13H11EsO5-. The number of carbonyl (C=O) groups excluding carboxylic acids is 1. The number of rotatable bonds is 2. The van der Waals surface area contributed by atoms with Crippen molar-refractivity contribution in [3.63, 3.8) is 0 Å². The van der Waals surface area contributed by atoms with E-state index in [9.17, 15) is 14.7 Å². The summed E-state index contributed by atoms with van der Waals surface area (Å²) in [5.41, 5.74) is 0.440. The summed E-state index contributed by atoms with van der Waals surface area (Å²) in [6.07, 6.45) is 1.47.